The van der Waals surface area contributed by atoms with E-state index in [9.17, 15) is 49.9 Å². The van der Waals surface area contributed by atoms with Crippen molar-refractivity contribution in [2.45, 2.75) is 25.7 Å². The molecule has 0 saturated carbocycles. The number of amides is 4. The Morgan fingerprint density at radius 1 is 0.558 bits per heavy atom. The van der Waals surface area contributed by atoms with E-state index in [-0.39, 0.29) is 91.9 Å². The molecule has 4 amide bonds. The Labute approximate surface area is 296 Å². The molecule has 17 heteroatoms. The standard InChI is InChI=1S/C35H26N4O11S2/c40-23-9-11-25-27(17-23)29(13-15-31(25)51(45,46)47)38-33(42)19-1-5-21(6-2-19)36-35(44)37-22-7-3-20(4-8-22)34(43)39-30-14-16-32(52(48,49)50)26-12-10-24(41)18-28(26)30/h1-8,13-18H,9-12H2,(H2,36,37,44)(H,45,46,47)(H,48,49,50). The summed E-state index contributed by atoms with van der Waals surface area (Å²) in [6.07, 6.45) is 7.30. The second kappa shape index (κ2) is 14.0. The maximum absolute atomic E-state index is 12.9. The fourth-order valence-corrected chi connectivity index (χ4v) is 7.30. The number of anilines is 2. The maximum atomic E-state index is 12.9. The van der Waals surface area contributed by atoms with Gasteiger partial charge in [-0.15, -0.1) is 0 Å². The molecule has 0 radical (unpaired) electrons. The Balaban J connectivity index is 1.09. The number of allylic oxidation sites excluding steroid dienone is 10. The van der Waals surface area contributed by atoms with E-state index < -0.39 is 38.1 Å². The van der Waals surface area contributed by atoms with Crippen LogP contribution in [0.2, 0.25) is 0 Å². The number of benzene rings is 2. The Morgan fingerprint density at radius 2 is 0.923 bits per heavy atom. The third-order valence-corrected chi connectivity index (χ3v) is 10.1. The lowest BCUT2D eigenvalue weighted by Gasteiger charge is -2.21. The second-order valence-corrected chi connectivity index (χ2v) is 14.5. The molecule has 0 aliphatic heterocycles. The minimum absolute atomic E-state index is 0.0442. The monoisotopic (exact) mass is 742 g/mol. The fraction of sp³-hybridized carbons (Fsp3) is 0.114. The average Bonchev–Trinajstić information content (AvgIpc) is 3.08. The molecule has 4 aliphatic carbocycles. The molecule has 264 valence electrons. The summed E-state index contributed by atoms with van der Waals surface area (Å²) in [5.41, 5.74) is 1.68. The lowest BCUT2D eigenvalue weighted by Crippen LogP contribution is -2.20. The number of aliphatic imine (C=N–C) groups is 2. The molecule has 0 aromatic heterocycles. The number of hydrogen-bond acceptors (Lipinski definition) is 9. The van der Waals surface area contributed by atoms with Gasteiger partial charge in [-0.3, -0.25) is 28.3 Å². The van der Waals surface area contributed by atoms with E-state index in [4.69, 9.17) is 0 Å². The average molecular weight is 743 g/mol. The number of nitrogens with zero attached hydrogens (tertiary/aromatic N) is 2. The van der Waals surface area contributed by atoms with Crippen molar-refractivity contribution in [1.29, 1.82) is 0 Å². The summed E-state index contributed by atoms with van der Waals surface area (Å²) < 4.78 is 66.3. The van der Waals surface area contributed by atoms with Crippen molar-refractivity contribution < 1.29 is 49.9 Å². The SMILES string of the molecule is O=C1C=C2C(=NC(=O)c3ccc(NC(=O)Nc4ccc(C(=O)N=C5C=CC(S(=O)(=O)O)=C6CCC(=O)C=C56)cc4)cc3)C=CC(S(=O)(=O)O)=C2CC1. The molecule has 0 heterocycles. The Hall–Kier alpha value is -6.01. The minimum Gasteiger partial charge on any atom is -0.308 e. The Bertz CT molecular complexity index is 2290. The van der Waals surface area contributed by atoms with Crippen molar-refractivity contribution in [3.05, 3.63) is 128 Å². The molecule has 0 atom stereocenters. The number of rotatable bonds is 6. The predicted octanol–water partition coefficient (Wildman–Crippen LogP) is 4.50. The molecule has 6 rings (SSSR count). The molecule has 2 aromatic carbocycles. The van der Waals surface area contributed by atoms with Crippen molar-refractivity contribution in [3.63, 3.8) is 0 Å². The summed E-state index contributed by atoms with van der Waals surface area (Å²) >= 11 is 0. The van der Waals surface area contributed by atoms with E-state index in [1.807, 2.05) is 0 Å². The highest BCUT2D eigenvalue weighted by Gasteiger charge is 2.31. The highest BCUT2D eigenvalue weighted by atomic mass is 32.2. The first-order valence-electron chi connectivity index (χ1n) is 15.4. The van der Waals surface area contributed by atoms with Gasteiger partial charge in [0.25, 0.3) is 32.1 Å². The summed E-state index contributed by atoms with van der Waals surface area (Å²) in [7, 11) is -9.13. The lowest BCUT2D eigenvalue weighted by molar-refractivity contribution is -0.115. The van der Waals surface area contributed by atoms with E-state index in [1.165, 1.54) is 72.8 Å². The molecule has 0 bridgehead atoms. The van der Waals surface area contributed by atoms with Gasteiger partial charge in [-0.1, -0.05) is 0 Å². The number of fused-ring (bicyclic) bond motifs is 2. The topological polar surface area (TPSA) is 243 Å². The number of ketones is 2. The highest BCUT2D eigenvalue weighted by molar-refractivity contribution is 7.90. The van der Waals surface area contributed by atoms with Gasteiger partial charge >= 0.3 is 6.03 Å². The number of nitrogens with one attached hydrogen (secondary N) is 2. The number of urea groups is 1. The quantitative estimate of drug-likeness (QED) is 0.300. The van der Waals surface area contributed by atoms with Crippen LogP contribution in [0.25, 0.3) is 0 Å². The number of carbonyl (C=O) groups is 5. The first kappa shape index (κ1) is 35.8. The molecular weight excluding hydrogens is 717 g/mol. The van der Waals surface area contributed by atoms with Gasteiger partial charge in [0.05, 0.1) is 21.2 Å². The molecule has 0 fully saturated rings. The first-order chi connectivity index (χ1) is 24.6. The van der Waals surface area contributed by atoms with Crippen LogP contribution < -0.4 is 10.6 Å². The maximum Gasteiger partial charge on any atom is 0.323 e. The third-order valence-electron chi connectivity index (χ3n) is 8.21. The molecule has 4 aliphatic rings. The fourth-order valence-electron chi connectivity index (χ4n) is 5.78. The van der Waals surface area contributed by atoms with E-state index in [1.54, 1.807) is 0 Å². The molecule has 15 nitrogen and oxygen atoms in total. The van der Waals surface area contributed by atoms with Crippen LogP contribution in [0.1, 0.15) is 46.4 Å². The van der Waals surface area contributed by atoms with Crippen LogP contribution in [0.5, 0.6) is 0 Å². The normalized spacial score (nSPS) is 18.9. The van der Waals surface area contributed by atoms with Crippen LogP contribution in [-0.4, -0.2) is 66.8 Å². The van der Waals surface area contributed by atoms with Gasteiger partial charge in [0.15, 0.2) is 11.6 Å². The van der Waals surface area contributed by atoms with Crippen LogP contribution in [0.15, 0.2) is 127 Å². The molecule has 2 aromatic rings. The van der Waals surface area contributed by atoms with Crippen molar-refractivity contribution in [1.82, 2.24) is 0 Å². The highest BCUT2D eigenvalue weighted by Crippen LogP contribution is 2.34. The van der Waals surface area contributed by atoms with Crippen LogP contribution >= 0.6 is 0 Å². The van der Waals surface area contributed by atoms with Crippen molar-refractivity contribution in [3.8, 4) is 0 Å². The first-order valence-corrected chi connectivity index (χ1v) is 18.3. The van der Waals surface area contributed by atoms with E-state index in [2.05, 4.69) is 20.6 Å². The molecule has 0 unspecified atom stereocenters. The zero-order chi connectivity index (χ0) is 37.4. The van der Waals surface area contributed by atoms with Crippen molar-refractivity contribution in [2.24, 2.45) is 9.98 Å². The van der Waals surface area contributed by atoms with E-state index in [0.717, 1.165) is 12.2 Å². The van der Waals surface area contributed by atoms with Crippen LogP contribution in [0.3, 0.4) is 0 Å². The zero-order valence-corrected chi connectivity index (χ0v) is 28.3. The summed E-state index contributed by atoms with van der Waals surface area (Å²) in [6.45, 7) is 0. The van der Waals surface area contributed by atoms with Crippen LogP contribution in [0, 0.1) is 0 Å². The van der Waals surface area contributed by atoms with E-state index in [0.29, 0.717) is 11.4 Å². The van der Waals surface area contributed by atoms with Crippen molar-refractivity contribution >= 4 is 72.4 Å². The van der Waals surface area contributed by atoms with Crippen LogP contribution in [-0.2, 0) is 29.8 Å². The van der Waals surface area contributed by atoms with Crippen LogP contribution in [0.4, 0.5) is 16.2 Å². The number of hydrogen-bond donors (Lipinski definition) is 4. The Morgan fingerprint density at radius 3 is 1.27 bits per heavy atom. The van der Waals surface area contributed by atoms with Gasteiger partial charge in [0.1, 0.15) is 0 Å². The van der Waals surface area contributed by atoms with Gasteiger partial charge in [-0.05, 0) is 109 Å². The third kappa shape index (κ3) is 7.82. The van der Waals surface area contributed by atoms with Gasteiger partial charge in [-0.2, -0.15) is 16.8 Å². The van der Waals surface area contributed by atoms with Gasteiger partial charge in [0, 0.05) is 46.5 Å². The van der Waals surface area contributed by atoms with Gasteiger partial charge in [-0.25, -0.2) is 14.8 Å². The summed E-state index contributed by atoms with van der Waals surface area (Å²) in [5, 5.41) is 5.20. The van der Waals surface area contributed by atoms with E-state index >= 15 is 0 Å². The molecule has 0 spiro atoms. The van der Waals surface area contributed by atoms with Gasteiger partial charge in [0.2, 0.25) is 0 Å². The molecule has 52 heavy (non-hydrogen) atoms. The molecule has 4 N–H and O–H groups in total. The Kier molecular flexibility index (Phi) is 9.61. The smallest absolute Gasteiger partial charge is 0.308 e. The number of carbonyl (C=O) groups excluding carboxylic acids is 5. The summed E-state index contributed by atoms with van der Waals surface area (Å²) in [6, 6.07) is 10.8. The minimum atomic E-state index is -4.56. The van der Waals surface area contributed by atoms with Crippen molar-refractivity contribution in [2.75, 3.05) is 10.6 Å². The summed E-state index contributed by atoms with van der Waals surface area (Å²) in [4.78, 5) is 70.0. The molecule has 0 saturated heterocycles. The lowest BCUT2D eigenvalue weighted by atomic mass is 9.86. The second-order valence-electron chi connectivity index (χ2n) is 11.7. The predicted molar refractivity (Wildman–Crippen MR) is 189 cm³/mol. The molecular formula is C35H26N4O11S2. The van der Waals surface area contributed by atoms with Gasteiger partial charge < -0.3 is 10.6 Å². The summed E-state index contributed by atoms with van der Waals surface area (Å²) in [5.74, 6) is -1.96. The largest absolute Gasteiger partial charge is 0.323 e. The zero-order valence-electron chi connectivity index (χ0n) is 26.7.